The Kier molecular flexibility index (Phi) is 4.02. The lowest BCUT2D eigenvalue weighted by atomic mass is 10.1. The Morgan fingerprint density at radius 3 is 2.58 bits per heavy atom. The molecule has 0 heterocycles. The molecule has 3 nitrogen and oxygen atoms in total. The van der Waals surface area contributed by atoms with Crippen molar-refractivity contribution in [2.24, 2.45) is 0 Å². The Hall–Kier alpha value is -2.07. The number of aromatic hydroxyl groups is 2. The van der Waals surface area contributed by atoms with Gasteiger partial charge in [0.2, 0.25) is 0 Å². The third-order valence-corrected chi connectivity index (χ3v) is 3.04. The van der Waals surface area contributed by atoms with Gasteiger partial charge in [0.15, 0.2) is 0 Å². The SMILES string of the molecule is CC(NCc1ccc(O)cc1O)c1ccccc1F. The van der Waals surface area contributed by atoms with Crippen LogP contribution in [-0.2, 0) is 6.54 Å². The van der Waals surface area contributed by atoms with Gasteiger partial charge in [0, 0.05) is 29.8 Å². The van der Waals surface area contributed by atoms with Crippen LogP contribution in [0.2, 0.25) is 0 Å². The molecule has 0 saturated carbocycles. The van der Waals surface area contributed by atoms with Crippen LogP contribution in [-0.4, -0.2) is 10.2 Å². The van der Waals surface area contributed by atoms with Crippen molar-refractivity contribution >= 4 is 0 Å². The molecule has 0 aromatic heterocycles. The lowest BCUT2D eigenvalue weighted by Gasteiger charge is -2.15. The van der Waals surface area contributed by atoms with Crippen molar-refractivity contribution < 1.29 is 14.6 Å². The summed E-state index contributed by atoms with van der Waals surface area (Å²) in [5, 5.41) is 22.0. The van der Waals surface area contributed by atoms with Gasteiger partial charge in [-0.3, -0.25) is 0 Å². The first kappa shape index (κ1) is 13.4. The van der Waals surface area contributed by atoms with Crippen molar-refractivity contribution in [1.82, 2.24) is 5.32 Å². The lowest BCUT2D eigenvalue weighted by Crippen LogP contribution is -2.19. The number of benzene rings is 2. The molecular formula is C15H16FNO2. The van der Waals surface area contributed by atoms with E-state index in [1.54, 1.807) is 24.3 Å². The Labute approximate surface area is 111 Å². The highest BCUT2D eigenvalue weighted by molar-refractivity contribution is 5.38. The predicted molar refractivity (Wildman–Crippen MR) is 71.4 cm³/mol. The van der Waals surface area contributed by atoms with E-state index in [4.69, 9.17) is 0 Å². The van der Waals surface area contributed by atoms with Crippen molar-refractivity contribution in [3.63, 3.8) is 0 Å². The van der Waals surface area contributed by atoms with E-state index in [0.29, 0.717) is 17.7 Å². The topological polar surface area (TPSA) is 52.5 Å². The molecule has 0 saturated heterocycles. The number of hydrogen-bond donors (Lipinski definition) is 3. The van der Waals surface area contributed by atoms with Gasteiger partial charge in [-0.1, -0.05) is 24.3 Å². The van der Waals surface area contributed by atoms with Crippen LogP contribution in [0.25, 0.3) is 0 Å². The molecule has 0 aliphatic carbocycles. The van der Waals surface area contributed by atoms with E-state index < -0.39 is 0 Å². The Morgan fingerprint density at radius 1 is 1.16 bits per heavy atom. The summed E-state index contributed by atoms with van der Waals surface area (Å²) < 4.78 is 13.6. The molecule has 2 aromatic carbocycles. The molecule has 0 bridgehead atoms. The average Bonchev–Trinajstić information content (AvgIpc) is 2.38. The van der Waals surface area contributed by atoms with Gasteiger partial charge in [-0.05, 0) is 19.1 Å². The Morgan fingerprint density at radius 2 is 1.89 bits per heavy atom. The summed E-state index contributed by atoms with van der Waals surface area (Å²) in [5.41, 5.74) is 1.24. The second-order valence-electron chi connectivity index (χ2n) is 4.44. The van der Waals surface area contributed by atoms with Crippen LogP contribution in [0.4, 0.5) is 4.39 Å². The van der Waals surface area contributed by atoms with Crippen molar-refractivity contribution in [3.05, 3.63) is 59.4 Å². The van der Waals surface area contributed by atoms with Crippen LogP contribution in [0, 0.1) is 5.82 Å². The summed E-state index contributed by atoms with van der Waals surface area (Å²) in [7, 11) is 0. The van der Waals surface area contributed by atoms with Crippen molar-refractivity contribution in [3.8, 4) is 11.5 Å². The zero-order valence-corrected chi connectivity index (χ0v) is 10.6. The standard InChI is InChI=1S/C15H16FNO2/c1-10(13-4-2-3-5-14(13)16)17-9-11-6-7-12(18)8-15(11)19/h2-8,10,17-19H,9H2,1H3. The van der Waals surface area contributed by atoms with E-state index in [0.717, 1.165) is 0 Å². The highest BCUT2D eigenvalue weighted by Gasteiger charge is 2.10. The molecular weight excluding hydrogens is 245 g/mol. The van der Waals surface area contributed by atoms with Gasteiger partial charge in [0.25, 0.3) is 0 Å². The molecule has 0 amide bonds. The van der Waals surface area contributed by atoms with E-state index in [1.807, 2.05) is 6.92 Å². The van der Waals surface area contributed by atoms with Crippen LogP contribution < -0.4 is 5.32 Å². The fourth-order valence-electron chi connectivity index (χ4n) is 1.90. The molecule has 100 valence electrons. The fourth-order valence-corrected chi connectivity index (χ4v) is 1.90. The summed E-state index contributed by atoms with van der Waals surface area (Å²) >= 11 is 0. The Bertz CT molecular complexity index is 572. The van der Waals surface area contributed by atoms with Crippen LogP contribution in [0.3, 0.4) is 0 Å². The third kappa shape index (κ3) is 3.23. The largest absolute Gasteiger partial charge is 0.508 e. The van der Waals surface area contributed by atoms with Gasteiger partial charge in [0.1, 0.15) is 17.3 Å². The first-order valence-corrected chi connectivity index (χ1v) is 6.06. The van der Waals surface area contributed by atoms with Crippen molar-refractivity contribution in [1.29, 1.82) is 0 Å². The molecule has 19 heavy (non-hydrogen) atoms. The van der Waals surface area contributed by atoms with Crippen molar-refractivity contribution in [2.45, 2.75) is 19.5 Å². The molecule has 0 spiro atoms. The minimum absolute atomic E-state index is 0.0170. The van der Waals surface area contributed by atoms with Crippen LogP contribution in [0.1, 0.15) is 24.1 Å². The second-order valence-corrected chi connectivity index (χ2v) is 4.44. The number of halogens is 1. The van der Waals surface area contributed by atoms with Gasteiger partial charge < -0.3 is 15.5 Å². The highest BCUT2D eigenvalue weighted by atomic mass is 19.1. The summed E-state index contributed by atoms with van der Waals surface area (Å²) in [4.78, 5) is 0. The van der Waals surface area contributed by atoms with Gasteiger partial charge in [0.05, 0.1) is 0 Å². The molecule has 4 heteroatoms. The zero-order valence-electron chi connectivity index (χ0n) is 10.6. The van der Waals surface area contributed by atoms with Crippen molar-refractivity contribution in [2.75, 3.05) is 0 Å². The highest BCUT2D eigenvalue weighted by Crippen LogP contribution is 2.23. The smallest absolute Gasteiger partial charge is 0.127 e. The maximum Gasteiger partial charge on any atom is 0.127 e. The summed E-state index contributed by atoms with van der Waals surface area (Å²) in [6, 6.07) is 10.8. The van der Waals surface area contributed by atoms with Gasteiger partial charge in [-0.25, -0.2) is 4.39 Å². The minimum atomic E-state index is -0.252. The monoisotopic (exact) mass is 261 g/mol. The zero-order chi connectivity index (χ0) is 13.8. The summed E-state index contributed by atoms with van der Waals surface area (Å²) in [6.45, 7) is 2.25. The lowest BCUT2D eigenvalue weighted by molar-refractivity contribution is 0.440. The van der Waals surface area contributed by atoms with E-state index >= 15 is 0 Å². The van der Waals surface area contributed by atoms with Crippen LogP contribution in [0.5, 0.6) is 11.5 Å². The first-order chi connectivity index (χ1) is 9.08. The van der Waals surface area contributed by atoms with E-state index in [-0.39, 0.29) is 23.4 Å². The van der Waals surface area contributed by atoms with E-state index in [9.17, 15) is 14.6 Å². The number of phenols is 2. The molecule has 0 aliphatic heterocycles. The van der Waals surface area contributed by atoms with Gasteiger partial charge in [-0.2, -0.15) is 0 Å². The van der Waals surface area contributed by atoms with Gasteiger partial charge in [-0.15, -0.1) is 0 Å². The number of nitrogens with one attached hydrogen (secondary N) is 1. The molecule has 2 rings (SSSR count). The van der Waals surface area contributed by atoms with Gasteiger partial charge >= 0.3 is 0 Å². The summed E-state index contributed by atoms with van der Waals surface area (Å²) in [5.74, 6) is -0.214. The first-order valence-electron chi connectivity index (χ1n) is 6.06. The van der Waals surface area contributed by atoms with Crippen LogP contribution >= 0.6 is 0 Å². The Balaban J connectivity index is 2.04. The average molecular weight is 261 g/mol. The molecule has 0 aliphatic rings. The molecule has 0 radical (unpaired) electrons. The minimum Gasteiger partial charge on any atom is -0.508 e. The summed E-state index contributed by atoms with van der Waals surface area (Å²) in [6.07, 6.45) is 0. The fraction of sp³-hybridized carbons (Fsp3) is 0.200. The van der Waals surface area contributed by atoms with E-state index in [1.165, 1.54) is 18.2 Å². The van der Waals surface area contributed by atoms with E-state index in [2.05, 4.69) is 5.32 Å². The normalized spacial score (nSPS) is 12.3. The molecule has 3 N–H and O–H groups in total. The third-order valence-electron chi connectivity index (χ3n) is 3.04. The molecule has 1 unspecified atom stereocenters. The predicted octanol–water partition coefficient (Wildman–Crippen LogP) is 3.09. The molecule has 1 atom stereocenters. The van der Waals surface area contributed by atoms with Crippen LogP contribution in [0.15, 0.2) is 42.5 Å². The maximum absolute atomic E-state index is 13.6. The molecule has 2 aromatic rings. The molecule has 0 fully saturated rings. The number of rotatable bonds is 4. The number of phenolic OH excluding ortho intramolecular Hbond substituents is 2. The quantitative estimate of drug-likeness (QED) is 0.792. The maximum atomic E-state index is 13.6. The second kappa shape index (κ2) is 5.71. The number of hydrogen-bond acceptors (Lipinski definition) is 3.